The number of carbonyl (C=O) groups is 2. The van der Waals surface area contributed by atoms with E-state index in [1.807, 2.05) is 6.07 Å². The van der Waals surface area contributed by atoms with Crippen LogP contribution in [0, 0.1) is 0 Å². The average Bonchev–Trinajstić information content (AvgIpc) is 2.26. The van der Waals surface area contributed by atoms with Gasteiger partial charge in [-0.25, -0.2) is 0 Å². The first-order valence-electron chi connectivity index (χ1n) is 5.40. The molecule has 1 unspecified atom stereocenters. The van der Waals surface area contributed by atoms with Crippen LogP contribution in [0.3, 0.4) is 0 Å². The molecule has 0 spiro atoms. The maximum absolute atomic E-state index is 11.4. The van der Waals surface area contributed by atoms with E-state index in [2.05, 4.69) is 5.32 Å². The third-order valence-electron chi connectivity index (χ3n) is 2.21. The molecule has 100 valence electrons. The molecule has 0 radical (unpaired) electrons. The van der Waals surface area contributed by atoms with E-state index in [9.17, 15) is 9.59 Å². The minimum absolute atomic E-state index is 0. The summed E-state index contributed by atoms with van der Waals surface area (Å²) in [5.41, 5.74) is 11.9. The lowest BCUT2D eigenvalue weighted by Crippen LogP contribution is -2.29. The molecule has 5 N–H and O–H groups in total. The number of primary amides is 1. The molecule has 1 aromatic carbocycles. The second-order valence-electron chi connectivity index (χ2n) is 4.02. The van der Waals surface area contributed by atoms with Crippen molar-refractivity contribution in [3.8, 4) is 0 Å². The van der Waals surface area contributed by atoms with Crippen molar-refractivity contribution in [2.45, 2.75) is 25.9 Å². The molecule has 0 aliphatic heterocycles. The maximum atomic E-state index is 11.4. The summed E-state index contributed by atoms with van der Waals surface area (Å²) in [6.07, 6.45) is 0.287. The highest BCUT2D eigenvalue weighted by Crippen LogP contribution is 2.04. The van der Waals surface area contributed by atoms with Gasteiger partial charge in [0.15, 0.2) is 0 Å². The molecule has 18 heavy (non-hydrogen) atoms. The molecule has 0 aliphatic rings. The van der Waals surface area contributed by atoms with E-state index in [0.717, 1.165) is 5.56 Å². The van der Waals surface area contributed by atoms with Crippen molar-refractivity contribution < 1.29 is 9.59 Å². The Bertz CT molecular complexity index is 422. The van der Waals surface area contributed by atoms with Crippen LogP contribution < -0.4 is 16.8 Å². The number of nitrogens with one attached hydrogen (secondary N) is 1. The fourth-order valence-corrected chi connectivity index (χ4v) is 1.40. The average molecular weight is 272 g/mol. The molecule has 0 heterocycles. The third kappa shape index (κ3) is 5.65. The van der Waals surface area contributed by atoms with Crippen LogP contribution in [0.25, 0.3) is 0 Å². The quantitative estimate of drug-likeness (QED) is 0.730. The molecule has 0 aromatic heterocycles. The molecule has 0 fully saturated rings. The van der Waals surface area contributed by atoms with Gasteiger partial charge in [0, 0.05) is 24.6 Å². The lowest BCUT2D eigenvalue weighted by molar-refractivity contribution is -0.121. The zero-order valence-corrected chi connectivity index (χ0v) is 11.0. The van der Waals surface area contributed by atoms with Crippen LogP contribution in [-0.4, -0.2) is 17.9 Å². The van der Waals surface area contributed by atoms with Gasteiger partial charge in [0.1, 0.15) is 0 Å². The van der Waals surface area contributed by atoms with Crippen LogP contribution in [0.15, 0.2) is 24.3 Å². The van der Waals surface area contributed by atoms with E-state index in [-0.39, 0.29) is 30.8 Å². The highest BCUT2D eigenvalue weighted by molar-refractivity contribution is 5.92. The molecule has 2 amide bonds. The van der Waals surface area contributed by atoms with Gasteiger partial charge in [-0.05, 0) is 24.6 Å². The lowest BCUT2D eigenvalue weighted by atomic mass is 10.1. The van der Waals surface area contributed by atoms with Gasteiger partial charge >= 0.3 is 0 Å². The SMILES string of the molecule is CC(N)CC(=O)NCc1cccc(C(N)=O)c1.Cl. The Hall–Kier alpha value is -1.59. The first-order valence-corrected chi connectivity index (χ1v) is 5.40. The number of hydrogen-bond donors (Lipinski definition) is 3. The van der Waals surface area contributed by atoms with Crippen LogP contribution in [0.5, 0.6) is 0 Å². The molecular formula is C12H18ClN3O2. The van der Waals surface area contributed by atoms with Gasteiger partial charge in [-0.2, -0.15) is 0 Å². The van der Waals surface area contributed by atoms with Gasteiger partial charge in [0.2, 0.25) is 11.8 Å². The molecular weight excluding hydrogens is 254 g/mol. The van der Waals surface area contributed by atoms with Crippen molar-refractivity contribution >= 4 is 24.2 Å². The van der Waals surface area contributed by atoms with Crippen LogP contribution in [0.2, 0.25) is 0 Å². The van der Waals surface area contributed by atoms with Crippen molar-refractivity contribution in [2.24, 2.45) is 11.5 Å². The Morgan fingerprint density at radius 1 is 1.39 bits per heavy atom. The molecule has 0 aliphatic carbocycles. The molecule has 1 aromatic rings. The fourth-order valence-electron chi connectivity index (χ4n) is 1.40. The summed E-state index contributed by atoms with van der Waals surface area (Å²) >= 11 is 0. The summed E-state index contributed by atoms with van der Waals surface area (Å²) in [6.45, 7) is 2.14. The van der Waals surface area contributed by atoms with E-state index in [4.69, 9.17) is 11.5 Å². The maximum Gasteiger partial charge on any atom is 0.248 e. The predicted octanol–water partition coefficient (Wildman–Crippen LogP) is 0.561. The van der Waals surface area contributed by atoms with Crippen LogP contribution in [0.4, 0.5) is 0 Å². The monoisotopic (exact) mass is 271 g/mol. The molecule has 0 saturated heterocycles. The van der Waals surface area contributed by atoms with Gasteiger partial charge in [0.05, 0.1) is 0 Å². The summed E-state index contributed by atoms with van der Waals surface area (Å²) < 4.78 is 0. The summed E-state index contributed by atoms with van der Waals surface area (Å²) in [5.74, 6) is -0.585. The molecule has 0 saturated carbocycles. The van der Waals surface area contributed by atoms with Crippen molar-refractivity contribution in [3.63, 3.8) is 0 Å². The largest absolute Gasteiger partial charge is 0.366 e. The van der Waals surface area contributed by atoms with E-state index >= 15 is 0 Å². The van der Waals surface area contributed by atoms with Gasteiger partial charge in [-0.15, -0.1) is 12.4 Å². The minimum atomic E-state index is -0.478. The smallest absolute Gasteiger partial charge is 0.248 e. The van der Waals surface area contributed by atoms with E-state index in [1.54, 1.807) is 25.1 Å². The first-order chi connectivity index (χ1) is 7.99. The Morgan fingerprint density at radius 3 is 2.61 bits per heavy atom. The Labute approximate surface area is 112 Å². The normalized spacial score (nSPS) is 11.2. The fraction of sp³-hybridized carbons (Fsp3) is 0.333. The summed E-state index contributed by atoms with van der Waals surface area (Å²) in [6, 6.07) is 6.68. The molecule has 5 nitrogen and oxygen atoms in total. The molecule has 1 rings (SSSR count). The van der Waals surface area contributed by atoms with Crippen molar-refractivity contribution in [1.29, 1.82) is 0 Å². The summed E-state index contributed by atoms with van der Waals surface area (Å²) in [4.78, 5) is 22.3. The van der Waals surface area contributed by atoms with Gasteiger partial charge < -0.3 is 16.8 Å². The number of benzene rings is 1. The highest BCUT2D eigenvalue weighted by atomic mass is 35.5. The zero-order valence-electron chi connectivity index (χ0n) is 10.2. The number of rotatable bonds is 5. The highest BCUT2D eigenvalue weighted by Gasteiger charge is 2.05. The Morgan fingerprint density at radius 2 is 2.06 bits per heavy atom. The lowest BCUT2D eigenvalue weighted by Gasteiger charge is -2.07. The van der Waals surface area contributed by atoms with Crippen LogP contribution in [-0.2, 0) is 11.3 Å². The topological polar surface area (TPSA) is 98.2 Å². The molecule has 6 heteroatoms. The Kier molecular flexibility index (Phi) is 7.00. The van der Waals surface area contributed by atoms with Crippen molar-refractivity contribution in [1.82, 2.24) is 5.32 Å². The van der Waals surface area contributed by atoms with E-state index in [0.29, 0.717) is 12.1 Å². The molecule has 1 atom stereocenters. The summed E-state index contributed by atoms with van der Waals surface area (Å²) in [7, 11) is 0. The standard InChI is InChI=1S/C12H17N3O2.ClH/c1-8(13)5-11(16)15-7-9-3-2-4-10(6-9)12(14)17;/h2-4,6,8H,5,7,13H2,1H3,(H2,14,17)(H,15,16);1H. The van der Waals surface area contributed by atoms with Gasteiger partial charge in [0.25, 0.3) is 0 Å². The number of hydrogen-bond acceptors (Lipinski definition) is 3. The second-order valence-corrected chi connectivity index (χ2v) is 4.02. The first kappa shape index (κ1) is 16.4. The Balaban J connectivity index is 0.00000289. The van der Waals surface area contributed by atoms with E-state index < -0.39 is 5.91 Å². The molecule has 0 bridgehead atoms. The predicted molar refractivity (Wildman–Crippen MR) is 72.3 cm³/mol. The van der Waals surface area contributed by atoms with Gasteiger partial charge in [-0.3, -0.25) is 9.59 Å². The van der Waals surface area contributed by atoms with Crippen molar-refractivity contribution in [2.75, 3.05) is 0 Å². The van der Waals surface area contributed by atoms with Crippen LogP contribution in [0.1, 0.15) is 29.3 Å². The van der Waals surface area contributed by atoms with Crippen molar-refractivity contribution in [3.05, 3.63) is 35.4 Å². The number of halogens is 1. The van der Waals surface area contributed by atoms with Gasteiger partial charge in [-0.1, -0.05) is 12.1 Å². The third-order valence-corrected chi connectivity index (χ3v) is 2.21. The van der Waals surface area contributed by atoms with E-state index in [1.165, 1.54) is 0 Å². The number of amides is 2. The number of nitrogens with two attached hydrogens (primary N) is 2. The minimum Gasteiger partial charge on any atom is -0.366 e. The second kappa shape index (κ2) is 7.68. The summed E-state index contributed by atoms with van der Waals surface area (Å²) in [5, 5.41) is 2.73. The van der Waals surface area contributed by atoms with Crippen LogP contribution >= 0.6 is 12.4 Å². The zero-order chi connectivity index (χ0) is 12.8. The number of carbonyl (C=O) groups excluding carboxylic acids is 2.